The number of anilines is 1. The molecule has 0 saturated carbocycles. The van der Waals surface area contributed by atoms with E-state index >= 15 is 0 Å². The normalized spacial score (nSPS) is 14.9. The number of thiol groups is 1. The van der Waals surface area contributed by atoms with Gasteiger partial charge in [0.25, 0.3) is 5.24 Å². The van der Waals surface area contributed by atoms with Gasteiger partial charge in [-0.3, -0.25) is 9.59 Å². The Morgan fingerprint density at radius 1 is 1.56 bits per heavy atom. The molecule has 0 spiro atoms. The zero-order valence-corrected chi connectivity index (χ0v) is 10.1. The minimum absolute atomic E-state index is 0.244. The van der Waals surface area contributed by atoms with Crippen molar-refractivity contribution in [2.45, 2.75) is 11.4 Å². The average Bonchev–Trinajstić information content (AvgIpc) is 2.27. The number of thioether (sulfide) groups is 1. The summed E-state index contributed by atoms with van der Waals surface area (Å²) >= 11 is 5.13. The summed E-state index contributed by atoms with van der Waals surface area (Å²) in [6.45, 7) is 0.376. The highest BCUT2D eigenvalue weighted by Gasteiger charge is 2.28. The molecule has 16 heavy (non-hydrogen) atoms. The Morgan fingerprint density at radius 2 is 2.31 bits per heavy atom. The number of nitrogens with two attached hydrogens (primary N) is 1. The van der Waals surface area contributed by atoms with Crippen LogP contribution in [0.15, 0.2) is 23.1 Å². The Bertz CT molecular complexity index is 462. The molecule has 0 radical (unpaired) electrons. The minimum atomic E-state index is -0.555. The van der Waals surface area contributed by atoms with Crippen LogP contribution in [0, 0.1) is 0 Å². The third-order valence-corrected chi connectivity index (χ3v) is 3.54. The van der Waals surface area contributed by atoms with E-state index in [1.165, 1.54) is 11.8 Å². The van der Waals surface area contributed by atoms with E-state index in [2.05, 4.69) is 12.6 Å². The molecule has 1 aromatic carbocycles. The highest BCUT2D eigenvalue weighted by Crippen LogP contribution is 2.36. The first-order chi connectivity index (χ1) is 7.63. The summed E-state index contributed by atoms with van der Waals surface area (Å²) < 4.78 is 0. The lowest BCUT2D eigenvalue weighted by molar-refractivity contribution is -0.115. The lowest BCUT2D eigenvalue weighted by Crippen LogP contribution is -2.37. The van der Waals surface area contributed by atoms with E-state index in [1.807, 2.05) is 12.1 Å². The summed E-state index contributed by atoms with van der Waals surface area (Å²) in [7, 11) is 0. The van der Waals surface area contributed by atoms with E-state index in [-0.39, 0.29) is 11.7 Å². The number of hydrogen-bond donors (Lipinski definition) is 2. The summed E-state index contributed by atoms with van der Waals surface area (Å²) in [5.74, 6) is 0.0213. The first-order valence-electron chi connectivity index (χ1n) is 4.65. The molecular formula is C10H10N2O2S2. The molecule has 2 rings (SSSR count). The van der Waals surface area contributed by atoms with Gasteiger partial charge in [-0.25, -0.2) is 4.90 Å². The van der Waals surface area contributed by atoms with Gasteiger partial charge in [0.2, 0.25) is 5.91 Å². The highest BCUT2D eigenvalue weighted by atomic mass is 32.2. The Kier molecular flexibility index (Phi) is 3.22. The predicted molar refractivity (Wildman–Crippen MR) is 66.9 cm³/mol. The maximum Gasteiger partial charge on any atom is 0.289 e. The van der Waals surface area contributed by atoms with E-state index in [1.54, 1.807) is 6.07 Å². The number of carbonyl (C=O) groups excluding carboxylic acids is 2. The van der Waals surface area contributed by atoms with E-state index in [9.17, 15) is 9.59 Å². The number of carbonyl (C=O) groups is 2. The quantitative estimate of drug-likeness (QED) is 0.748. The van der Waals surface area contributed by atoms with Crippen LogP contribution in [0.2, 0.25) is 0 Å². The van der Waals surface area contributed by atoms with Gasteiger partial charge in [0.05, 0.1) is 11.4 Å². The highest BCUT2D eigenvalue weighted by molar-refractivity contribution is 8.00. The molecule has 4 nitrogen and oxygen atoms in total. The minimum Gasteiger partial charge on any atom is -0.326 e. The monoisotopic (exact) mass is 254 g/mol. The summed E-state index contributed by atoms with van der Waals surface area (Å²) in [5, 5.41) is -0.555. The molecule has 1 heterocycles. The summed E-state index contributed by atoms with van der Waals surface area (Å²) in [6.07, 6.45) is 0. The first-order valence-corrected chi connectivity index (χ1v) is 6.08. The Morgan fingerprint density at radius 3 is 2.94 bits per heavy atom. The van der Waals surface area contributed by atoms with Crippen molar-refractivity contribution in [1.82, 2.24) is 0 Å². The summed E-state index contributed by atoms with van der Waals surface area (Å²) in [6, 6.07) is 5.52. The molecule has 1 aromatic rings. The second-order valence-corrected chi connectivity index (χ2v) is 4.71. The van der Waals surface area contributed by atoms with Gasteiger partial charge in [0.15, 0.2) is 0 Å². The van der Waals surface area contributed by atoms with Crippen LogP contribution in [0.25, 0.3) is 0 Å². The zero-order valence-electron chi connectivity index (χ0n) is 8.34. The van der Waals surface area contributed by atoms with Crippen molar-refractivity contribution in [1.29, 1.82) is 0 Å². The zero-order chi connectivity index (χ0) is 11.7. The van der Waals surface area contributed by atoms with Crippen LogP contribution < -0.4 is 10.6 Å². The molecule has 2 amide bonds. The van der Waals surface area contributed by atoms with Crippen LogP contribution in [0.1, 0.15) is 5.56 Å². The number of benzene rings is 1. The van der Waals surface area contributed by atoms with E-state index in [4.69, 9.17) is 5.73 Å². The van der Waals surface area contributed by atoms with Crippen LogP contribution in [0.3, 0.4) is 0 Å². The molecule has 1 aliphatic heterocycles. The largest absolute Gasteiger partial charge is 0.326 e. The molecule has 0 atom stereocenters. The number of nitrogens with zero attached hydrogens (tertiary/aromatic N) is 1. The molecule has 2 N–H and O–H groups in total. The van der Waals surface area contributed by atoms with Crippen molar-refractivity contribution >= 4 is 41.2 Å². The second kappa shape index (κ2) is 4.48. The van der Waals surface area contributed by atoms with Crippen LogP contribution in [-0.4, -0.2) is 16.9 Å². The number of rotatable bonds is 1. The molecule has 0 bridgehead atoms. The molecule has 0 unspecified atom stereocenters. The maximum absolute atomic E-state index is 11.6. The van der Waals surface area contributed by atoms with Crippen LogP contribution in [0.5, 0.6) is 0 Å². The Labute approximate surface area is 103 Å². The maximum atomic E-state index is 11.6. The van der Waals surface area contributed by atoms with Crippen molar-refractivity contribution in [3.63, 3.8) is 0 Å². The summed E-state index contributed by atoms with van der Waals surface area (Å²) in [5.41, 5.74) is 7.00. The predicted octanol–water partition coefficient (Wildman–Crippen LogP) is 1.63. The lowest BCUT2D eigenvalue weighted by atomic mass is 10.2. The standard InChI is InChI=1S/C10H10N2O2S2/c11-4-6-1-2-8-7(3-6)12(10(14)15)9(13)5-16-8/h1-3H,4-5,11H2,(H,14,15). The molecule has 0 aliphatic carbocycles. The van der Waals surface area contributed by atoms with Crippen molar-refractivity contribution in [3.8, 4) is 0 Å². The molecule has 0 fully saturated rings. The van der Waals surface area contributed by atoms with E-state index in [0.717, 1.165) is 15.4 Å². The fourth-order valence-corrected chi connectivity index (χ4v) is 2.62. The van der Waals surface area contributed by atoms with Crippen molar-refractivity contribution in [2.75, 3.05) is 10.7 Å². The average molecular weight is 254 g/mol. The Balaban J connectivity index is 2.52. The molecule has 1 aliphatic rings. The smallest absolute Gasteiger partial charge is 0.289 e. The first kappa shape index (κ1) is 11.5. The van der Waals surface area contributed by atoms with Gasteiger partial charge in [-0.1, -0.05) is 18.7 Å². The molecule has 84 valence electrons. The van der Waals surface area contributed by atoms with Gasteiger partial charge >= 0.3 is 0 Å². The topological polar surface area (TPSA) is 63.4 Å². The third kappa shape index (κ3) is 1.95. The number of fused-ring (bicyclic) bond motifs is 1. The van der Waals surface area contributed by atoms with Gasteiger partial charge in [-0.15, -0.1) is 11.8 Å². The Hall–Kier alpha value is -0.980. The fourth-order valence-electron chi connectivity index (χ4n) is 1.53. The van der Waals surface area contributed by atoms with Gasteiger partial charge < -0.3 is 5.73 Å². The molecule has 0 saturated heterocycles. The van der Waals surface area contributed by atoms with Crippen molar-refractivity contribution < 1.29 is 9.59 Å². The number of hydrogen-bond acceptors (Lipinski definition) is 4. The number of amides is 2. The van der Waals surface area contributed by atoms with E-state index < -0.39 is 5.24 Å². The fraction of sp³-hybridized carbons (Fsp3) is 0.200. The molecular weight excluding hydrogens is 244 g/mol. The lowest BCUT2D eigenvalue weighted by Gasteiger charge is -2.26. The van der Waals surface area contributed by atoms with Gasteiger partial charge in [0.1, 0.15) is 0 Å². The third-order valence-electron chi connectivity index (χ3n) is 2.29. The van der Waals surface area contributed by atoms with Gasteiger partial charge in [0, 0.05) is 11.4 Å². The van der Waals surface area contributed by atoms with Crippen molar-refractivity contribution in [2.24, 2.45) is 5.73 Å². The molecule has 6 heteroatoms. The SMILES string of the molecule is NCc1ccc2c(c1)N(C(=O)S)C(=O)CS2. The van der Waals surface area contributed by atoms with Crippen LogP contribution in [-0.2, 0) is 11.3 Å². The van der Waals surface area contributed by atoms with Crippen molar-refractivity contribution in [3.05, 3.63) is 23.8 Å². The second-order valence-electron chi connectivity index (χ2n) is 3.31. The molecule has 0 aromatic heterocycles. The van der Waals surface area contributed by atoms with Crippen LogP contribution >= 0.6 is 24.4 Å². The summed E-state index contributed by atoms with van der Waals surface area (Å²) in [4.78, 5) is 24.9. The van der Waals surface area contributed by atoms with Gasteiger partial charge in [-0.05, 0) is 17.7 Å². The van der Waals surface area contributed by atoms with Crippen LogP contribution in [0.4, 0.5) is 10.5 Å². The van der Waals surface area contributed by atoms with Gasteiger partial charge in [-0.2, -0.15) is 0 Å². The number of imide groups is 1. The van der Waals surface area contributed by atoms with E-state index in [0.29, 0.717) is 12.2 Å².